The van der Waals surface area contributed by atoms with Crippen LogP contribution >= 0.6 is 81.5 Å². The summed E-state index contributed by atoms with van der Waals surface area (Å²) in [6, 6.07) is 11.0. The fourth-order valence-corrected chi connectivity index (χ4v) is 11.1. The fourth-order valence-electron chi connectivity index (χ4n) is 8.34. The molecule has 10 rings (SSSR count). The molecule has 2 atom stereocenters. The molecule has 0 spiro atoms. The molecule has 4 aromatic rings. The molecule has 0 amide bonds. The van der Waals surface area contributed by atoms with Crippen molar-refractivity contribution in [3.63, 3.8) is 0 Å². The summed E-state index contributed by atoms with van der Waals surface area (Å²) in [7, 11) is 0. The van der Waals surface area contributed by atoms with Gasteiger partial charge in [0.15, 0.2) is 5.78 Å². The fraction of sp³-hybridized carbons (Fsp3) is 0.514. The number of hydrogen-bond acceptors (Lipinski definition) is 7. The Morgan fingerprint density at radius 1 is 0.720 bits per heavy atom. The van der Waals surface area contributed by atoms with Gasteiger partial charge in [-0.05, 0) is 144 Å². The van der Waals surface area contributed by atoms with Crippen LogP contribution in [0.2, 0.25) is 20.1 Å². The van der Waals surface area contributed by atoms with Crippen LogP contribution in [0.1, 0.15) is 79.1 Å². The third-order valence-corrected chi connectivity index (χ3v) is 15.2. The van der Waals surface area contributed by atoms with Crippen LogP contribution in [0.4, 0.5) is 0 Å². The van der Waals surface area contributed by atoms with E-state index in [2.05, 4.69) is 37.5 Å². The minimum absolute atomic E-state index is 0. The van der Waals surface area contributed by atoms with Crippen molar-refractivity contribution in [2.24, 2.45) is 23.5 Å². The second kappa shape index (κ2) is 15.7. The molecule has 3 N–H and O–H groups in total. The number of nitrogens with two attached hydrogens (primary N) is 1. The molecule has 6 saturated heterocycles. The molecule has 8 heterocycles. The van der Waals surface area contributed by atoms with E-state index >= 15 is 0 Å². The molecule has 272 valence electrons. The molecule has 50 heavy (non-hydrogen) atoms. The van der Waals surface area contributed by atoms with E-state index in [4.69, 9.17) is 57.2 Å². The summed E-state index contributed by atoms with van der Waals surface area (Å²) in [4.78, 5) is 29.9. The smallest absolute Gasteiger partial charge is 0.345 e. The largest absolute Gasteiger partial charge is 0.477 e. The minimum Gasteiger partial charge on any atom is -0.477 e. The van der Waals surface area contributed by atoms with Gasteiger partial charge >= 0.3 is 5.97 Å². The topological polar surface area (TPSA) is 86.9 Å². The lowest BCUT2D eigenvalue weighted by atomic mass is 9.65. The molecule has 6 aliphatic heterocycles. The quantitative estimate of drug-likeness (QED) is 0.199. The summed E-state index contributed by atoms with van der Waals surface area (Å²) in [6.45, 7) is 14.1. The van der Waals surface area contributed by atoms with Crippen molar-refractivity contribution in [2.75, 3.05) is 26.2 Å². The first-order valence-corrected chi connectivity index (χ1v) is 20.0. The van der Waals surface area contributed by atoms with Crippen LogP contribution in [0.5, 0.6) is 0 Å². The number of rotatable bonds is 4. The van der Waals surface area contributed by atoms with Gasteiger partial charge in [0.2, 0.25) is 0 Å². The Labute approximate surface area is 328 Å². The van der Waals surface area contributed by atoms with Gasteiger partial charge in [0, 0.05) is 32.9 Å². The highest BCUT2D eigenvalue weighted by molar-refractivity contribution is 7.21. The molecule has 13 heteroatoms. The maximum atomic E-state index is 12.9. The molecule has 0 saturated carbocycles. The first-order valence-electron chi connectivity index (χ1n) is 16.9. The molecular weight excluding hydrogens is 776 g/mol. The Balaban J connectivity index is 0.000000159. The maximum Gasteiger partial charge on any atom is 0.345 e. The van der Waals surface area contributed by atoms with Gasteiger partial charge in [0.25, 0.3) is 0 Å². The Hall–Kier alpha value is -1.17. The molecule has 6 nitrogen and oxygen atoms in total. The van der Waals surface area contributed by atoms with Gasteiger partial charge in [-0.1, -0.05) is 46.4 Å². The van der Waals surface area contributed by atoms with Crippen molar-refractivity contribution in [1.29, 1.82) is 0 Å². The van der Waals surface area contributed by atoms with E-state index in [1.54, 1.807) is 18.2 Å². The first kappa shape index (κ1) is 40.0. The van der Waals surface area contributed by atoms with E-state index in [9.17, 15) is 9.59 Å². The predicted octanol–water partition coefficient (Wildman–Crippen LogP) is 11.0. The molecule has 2 aromatic heterocycles. The summed E-state index contributed by atoms with van der Waals surface area (Å²) in [5.74, 6) is 1.26. The van der Waals surface area contributed by atoms with E-state index in [1.165, 1.54) is 74.5 Å². The zero-order chi connectivity index (χ0) is 35.4. The van der Waals surface area contributed by atoms with Crippen LogP contribution in [0.25, 0.3) is 20.2 Å². The van der Waals surface area contributed by atoms with Crippen molar-refractivity contribution >= 4 is 113 Å². The van der Waals surface area contributed by atoms with Gasteiger partial charge in [0.1, 0.15) is 4.88 Å². The lowest BCUT2D eigenvalue weighted by molar-refractivity contribution is -0.0643. The van der Waals surface area contributed by atoms with Crippen LogP contribution in [-0.4, -0.2) is 70.0 Å². The third-order valence-electron chi connectivity index (χ3n) is 11.5. The highest BCUT2D eigenvalue weighted by Crippen LogP contribution is 2.46. The number of ketones is 1. The Kier molecular flexibility index (Phi) is 12.5. The van der Waals surface area contributed by atoms with Crippen LogP contribution in [0.15, 0.2) is 36.4 Å². The van der Waals surface area contributed by atoms with E-state index < -0.39 is 5.97 Å². The average molecular weight is 820 g/mol. The summed E-state index contributed by atoms with van der Waals surface area (Å²) in [5, 5.41) is 12.5. The van der Waals surface area contributed by atoms with Crippen molar-refractivity contribution in [1.82, 2.24) is 9.80 Å². The van der Waals surface area contributed by atoms with Gasteiger partial charge < -0.3 is 10.8 Å². The Morgan fingerprint density at radius 3 is 1.56 bits per heavy atom. The Bertz CT molecular complexity index is 1790. The minimum atomic E-state index is -0.932. The van der Waals surface area contributed by atoms with Crippen molar-refractivity contribution < 1.29 is 14.7 Å². The number of benzene rings is 2. The monoisotopic (exact) mass is 817 g/mol. The van der Waals surface area contributed by atoms with Crippen LogP contribution in [-0.2, 0) is 0 Å². The zero-order valence-corrected chi connectivity index (χ0v) is 34.1. The number of nitrogens with zero attached hydrogens (tertiary/aromatic N) is 2. The number of halogens is 5. The van der Waals surface area contributed by atoms with Gasteiger partial charge in [-0.3, -0.25) is 14.6 Å². The van der Waals surface area contributed by atoms with Crippen molar-refractivity contribution in [3.8, 4) is 0 Å². The highest BCUT2D eigenvalue weighted by Gasteiger charge is 2.48. The number of hydrogen-bond donors (Lipinski definition) is 2. The lowest BCUT2D eigenvalue weighted by Gasteiger charge is -2.56. The number of piperidine rings is 6. The van der Waals surface area contributed by atoms with E-state index in [0.717, 1.165) is 31.0 Å². The maximum absolute atomic E-state index is 12.9. The number of aromatic carboxylic acids is 1. The van der Waals surface area contributed by atoms with Crippen molar-refractivity contribution in [2.45, 2.75) is 76.9 Å². The van der Waals surface area contributed by atoms with Crippen molar-refractivity contribution in [3.05, 3.63) is 66.2 Å². The van der Waals surface area contributed by atoms with Gasteiger partial charge in [0.05, 0.1) is 25.0 Å². The second-order valence-electron chi connectivity index (χ2n) is 14.9. The molecule has 6 aliphatic rings. The van der Waals surface area contributed by atoms with Crippen LogP contribution in [0.3, 0.4) is 0 Å². The van der Waals surface area contributed by atoms with E-state index in [-0.39, 0.29) is 29.3 Å². The van der Waals surface area contributed by atoms with Gasteiger partial charge in [-0.25, -0.2) is 4.79 Å². The number of carboxylic acids is 1. The number of Topliss-reactive ketones (excluding diaryl/α,β-unsaturated/α-hetero) is 1. The number of carbonyl (C=O) groups excluding carboxylic acids is 1. The molecule has 2 aromatic carbocycles. The summed E-state index contributed by atoms with van der Waals surface area (Å²) in [6.07, 6.45) is 5.76. The number of carbonyl (C=O) groups is 2. The van der Waals surface area contributed by atoms with Crippen LogP contribution < -0.4 is 5.73 Å². The highest BCUT2D eigenvalue weighted by atomic mass is 35.5. The predicted molar refractivity (Wildman–Crippen MR) is 215 cm³/mol. The number of thiophene rings is 2. The zero-order valence-electron chi connectivity index (χ0n) is 28.6. The molecule has 0 aliphatic carbocycles. The standard InChI is InChI=1S/C19H21Cl2NOS.C9H4Cl2O2S.C9H18N2.ClH/c1-19(2)13(11-3-5-22(19)6-4-11)9-16(23)18-8-12-7-14(20)15(21)10-17(12)24-18;10-5-1-4-2-8(9(12)13)14-7(4)3-6(5)11;1-9(2)8(10)7-3-5-11(9)6-4-7;/h7-8,10-11,13H,3-6,9H2,1-2H3;1-3H,(H,12,13);7-8H,3-6,10H2,1-2H3;1H/t13-;;8-;/m1.1./s1. The summed E-state index contributed by atoms with van der Waals surface area (Å²) >= 11 is 26.5. The van der Waals surface area contributed by atoms with Crippen LogP contribution in [0, 0.1) is 17.8 Å². The molecule has 0 unspecified atom stereocenters. The second-order valence-corrected chi connectivity index (χ2v) is 18.6. The summed E-state index contributed by atoms with van der Waals surface area (Å²) in [5.41, 5.74) is 6.55. The molecule has 0 radical (unpaired) electrons. The average Bonchev–Trinajstić information content (AvgIpc) is 3.67. The molecule has 6 fully saturated rings. The third kappa shape index (κ3) is 8.01. The SMILES string of the molecule is CC1(C)[C@H](CC(=O)c2cc3cc(Cl)c(Cl)cc3s2)C2CCN1CC2.CC1(C)[C@H](N)C2CCN1CC2.Cl.O=C(O)c1cc2cc(Cl)c(Cl)cc2s1. The summed E-state index contributed by atoms with van der Waals surface area (Å²) < 4.78 is 1.86. The van der Waals surface area contributed by atoms with Gasteiger partial charge in [-0.2, -0.15) is 0 Å². The number of carboxylic acid groups (broad SMARTS) is 1. The van der Waals surface area contributed by atoms with Gasteiger partial charge in [-0.15, -0.1) is 35.1 Å². The lowest BCUT2D eigenvalue weighted by Crippen LogP contribution is -2.67. The first-order chi connectivity index (χ1) is 23.1. The van der Waals surface area contributed by atoms with E-state index in [0.29, 0.717) is 49.3 Å². The molecule has 4 bridgehead atoms. The number of fused-ring (bicyclic) bond motifs is 8. The van der Waals surface area contributed by atoms with E-state index in [1.807, 2.05) is 18.2 Å². The Morgan fingerprint density at radius 2 is 1.14 bits per heavy atom. The molecular formula is C37H44Cl5N3O3S2. The normalized spacial score (nSPS) is 27.1.